The number of urea groups is 1. The van der Waals surface area contributed by atoms with E-state index in [0.29, 0.717) is 0 Å². The van der Waals surface area contributed by atoms with Crippen molar-refractivity contribution in [3.05, 3.63) is 23.8 Å². The summed E-state index contributed by atoms with van der Waals surface area (Å²) in [6.45, 7) is 1.76. The number of primary amides is 1. The first-order valence-corrected chi connectivity index (χ1v) is 6.56. The number of nitrogens with two attached hydrogens (primary N) is 2. The number of hydrogen-bond acceptors (Lipinski definition) is 5. The molecule has 1 rings (SSSR count). The third-order valence-corrected chi connectivity index (χ3v) is 3.77. The number of anilines is 1. The molecule has 0 aliphatic heterocycles. The zero-order chi connectivity index (χ0) is 13.9. The Morgan fingerprint density at radius 2 is 1.94 bits per heavy atom. The zero-order valence-corrected chi connectivity index (χ0v) is 10.5. The SMILES string of the molecule is Cc1ccc(S(=O)(=O)CC(=O)NC(N)=O)c(N)c1. The van der Waals surface area contributed by atoms with Gasteiger partial charge in [0.2, 0.25) is 5.91 Å². The zero-order valence-electron chi connectivity index (χ0n) is 9.64. The molecular weight excluding hydrogens is 258 g/mol. The van der Waals surface area contributed by atoms with Gasteiger partial charge in [-0.25, -0.2) is 13.2 Å². The van der Waals surface area contributed by atoms with Gasteiger partial charge in [0.15, 0.2) is 9.84 Å². The van der Waals surface area contributed by atoms with Crippen LogP contribution in [0.5, 0.6) is 0 Å². The van der Waals surface area contributed by atoms with Gasteiger partial charge in [-0.3, -0.25) is 10.1 Å². The van der Waals surface area contributed by atoms with Crippen LogP contribution < -0.4 is 16.8 Å². The number of sulfone groups is 1. The van der Waals surface area contributed by atoms with Crippen molar-refractivity contribution in [3.63, 3.8) is 0 Å². The Morgan fingerprint density at radius 3 is 2.44 bits per heavy atom. The Balaban J connectivity index is 3.00. The molecule has 0 heterocycles. The maximum Gasteiger partial charge on any atom is 0.318 e. The summed E-state index contributed by atoms with van der Waals surface area (Å²) in [5.41, 5.74) is 11.1. The largest absolute Gasteiger partial charge is 0.398 e. The van der Waals surface area contributed by atoms with Gasteiger partial charge in [-0.1, -0.05) is 6.07 Å². The lowest BCUT2D eigenvalue weighted by Crippen LogP contribution is -2.38. The summed E-state index contributed by atoms with van der Waals surface area (Å²) in [6, 6.07) is 3.26. The molecule has 1 aromatic carbocycles. The van der Waals surface area contributed by atoms with Crippen molar-refractivity contribution in [2.24, 2.45) is 5.73 Å². The summed E-state index contributed by atoms with van der Waals surface area (Å²) in [5.74, 6) is -1.88. The molecule has 0 saturated carbocycles. The van der Waals surface area contributed by atoms with Crippen LogP contribution in [0, 0.1) is 6.92 Å². The van der Waals surface area contributed by atoms with Crippen LogP contribution >= 0.6 is 0 Å². The smallest absolute Gasteiger partial charge is 0.318 e. The van der Waals surface area contributed by atoms with Crippen LogP contribution in [-0.2, 0) is 14.6 Å². The van der Waals surface area contributed by atoms with E-state index in [1.807, 2.05) is 0 Å². The molecule has 0 bridgehead atoms. The molecule has 0 aromatic heterocycles. The fraction of sp³-hybridized carbons (Fsp3) is 0.200. The molecule has 5 N–H and O–H groups in total. The lowest BCUT2D eigenvalue weighted by atomic mass is 10.2. The lowest BCUT2D eigenvalue weighted by Gasteiger charge is -2.07. The van der Waals surface area contributed by atoms with E-state index in [-0.39, 0.29) is 10.6 Å². The highest BCUT2D eigenvalue weighted by Crippen LogP contribution is 2.20. The van der Waals surface area contributed by atoms with Gasteiger partial charge in [0.05, 0.1) is 10.6 Å². The van der Waals surface area contributed by atoms with E-state index in [9.17, 15) is 18.0 Å². The fourth-order valence-electron chi connectivity index (χ4n) is 1.37. The molecule has 18 heavy (non-hydrogen) atoms. The molecule has 0 radical (unpaired) electrons. The Morgan fingerprint density at radius 1 is 1.33 bits per heavy atom. The van der Waals surface area contributed by atoms with E-state index < -0.39 is 27.5 Å². The average Bonchev–Trinajstić information content (AvgIpc) is 2.13. The predicted molar refractivity (Wildman–Crippen MR) is 65.4 cm³/mol. The van der Waals surface area contributed by atoms with Crippen molar-refractivity contribution in [1.82, 2.24) is 5.32 Å². The van der Waals surface area contributed by atoms with Crippen molar-refractivity contribution in [1.29, 1.82) is 0 Å². The van der Waals surface area contributed by atoms with Crippen LogP contribution in [-0.4, -0.2) is 26.1 Å². The number of nitrogen functional groups attached to an aromatic ring is 1. The van der Waals surface area contributed by atoms with Gasteiger partial charge in [0, 0.05) is 0 Å². The average molecular weight is 271 g/mol. The molecule has 0 spiro atoms. The Bertz CT molecular complexity index is 595. The normalized spacial score (nSPS) is 10.9. The third kappa shape index (κ3) is 3.45. The lowest BCUT2D eigenvalue weighted by molar-refractivity contribution is -0.117. The molecule has 0 aliphatic carbocycles. The highest BCUT2D eigenvalue weighted by Gasteiger charge is 2.22. The predicted octanol–water partition coefficient (Wildman–Crippen LogP) is -0.454. The van der Waals surface area contributed by atoms with Gasteiger partial charge < -0.3 is 11.5 Å². The first-order chi connectivity index (χ1) is 8.22. The van der Waals surface area contributed by atoms with Crippen molar-refractivity contribution in [2.75, 3.05) is 11.5 Å². The van der Waals surface area contributed by atoms with E-state index in [1.54, 1.807) is 18.3 Å². The van der Waals surface area contributed by atoms with Gasteiger partial charge in [0.1, 0.15) is 5.75 Å². The van der Waals surface area contributed by atoms with Gasteiger partial charge in [0.25, 0.3) is 0 Å². The molecule has 1 aromatic rings. The summed E-state index contributed by atoms with van der Waals surface area (Å²) in [4.78, 5) is 21.5. The van der Waals surface area contributed by atoms with Crippen molar-refractivity contribution < 1.29 is 18.0 Å². The summed E-state index contributed by atoms with van der Waals surface area (Å²) >= 11 is 0. The first-order valence-electron chi connectivity index (χ1n) is 4.90. The minimum absolute atomic E-state index is 0.0573. The Hall–Kier alpha value is -2.09. The number of imide groups is 1. The monoisotopic (exact) mass is 271 g/mol. The summed E-state index contributed by atoms with van der Waals surface area (Å²) in [7, 11) is -3.90. The molecule has 98 valence electrons. The summed E-state index contributed by atoms with van der Waals surface area (Å²) in [5, 5.41) is 1.68. The summed E-state index contributed by atoms with van der Waals surface area (Å²) < 4.78 is 23.7. The Labute approximate surface area is 104 Å². The second kappa shape index (κ2) is 5.05. The van der Waals surface area contributed by atoms with E-state index in [4.69, 9.17) is 11.5 Å². The maximum absolute atomic E-state index is 11.9. The standard InChI is InChI=1S/C10H13N3O4S/c1-6-2-3-8(7(11)4-6)18(16,17)5-9(14)13-10(12)15/h2-4H,5,11H2,1H3,(H3,12,13,14,15). The number of benzene rings is 1. The van der Waals surface area contributed by atoms with Crippen molar-refractivity contribution in [3.8, 4) is 0 Å². The number of rotatable bonds is 3. The minimum Gasteiger partial charge on any atom is -0.398 e. The molecule has 0 aliphatic rings. The van der Waals surface area contributed by atoms with Crippen LogP contribution in [0.1, 0.15) is 5.56 Å². The van der Waals surface area contributed by atoms with Crippen LogP contribution in [0.15, 0.2) is 23.1 Å². The number of aryl methyl sites for hydroxylation is 1. The number of carbonyl (C=O) groups excluding carboxylic acids is 2. The molecule has 0 saturated heterocycles. The third-order valence-electron chi connectivity index (χ3n) is 2.08. The van der Waals surface area contributed by atoms with Gasteiger partial charge in [-0.15, -0.1) is 0 Å². The topological polar surface area (TPSA) is 132 Å². The van der Waals surface area contributed by atoms with E-state index in [2.05, 4.69) is 0 Å². The van der Waals surface area contributed by atoms with Crippen LogP contribution in [0.25, 0.3) is 0 Å². The molecule has 0 atom stereocenters. The van der Waals surface area contributed by atoms with Gasteiger partial charge in [-0.2, -0.15) is 0 Å². The molecule has 0 fully saturated rings. The summed E-state index contributed by atoms with van der Waals surface area (Å²) in [6.07, 6.45) is 0. The van der Waals surface area contributed by atoms with Crippen LogP contribution in [0.2, 0.25) is 0 Å². The molecule has 3 amide bonds. The van der Waals surface area contributed by atoms with E-state index >= 15 is 0 Å². The van der Waals surface area contributed by atoms with Crippen molar-refractivity contribution >= 4 is 27.5 Å². The van der Waals surface area contributed by atoms with Gasteiger partial charge in [-0.05, 0) is 24.6 Å². The number of carbonyl (C=O) groups is 2. The number of amides is 3. The Kier molecular flexibility index (Phi) is 3.92. The molecule has 7 nitrogen and oxygen atoms in total. The number of nitrogens with one attached hydrogen (secondary N) is 1. The van der Waals surface area contributed by atoms with Gasteiger partial charge >= 0.3 is 6.03 Å². The quantitative estimate of drug-likeness (QED) is 0.640. The second-order valence-corrected chi connectivity index (χ2v) is 5.67. The molecule has 8 heteroatoms. The first kappa shape index (κ1) is 14.0. The maximum atomic E-state index is 11.9. The van der Waals surface area contributed by atoms with Crippen LogP contribution in [0.3, 0.4) is 0 Å². The minimum atomic E-state index is -3.90. The highest BCUT2D eigenvalue weighted by molar-refractivity contribution is 7.92. The van der Waals surface area contributed by atoms with Crippen molar-refractivity contribution in [2.45, 2.75) is 11.8 Å². The molecular formula is C10H13N3O4S. The number of hydrogen-bond donors (Lipinski definition) is 3. The fourth-order valence-corrected chi connectivity index (χ4v) is 2.64. The van der Waals surface area contributed by atoms with Crippen LogP contribution in [0.4, 0.5) is 10.5 Å². The van der Waals surface area contributed by atoms with E-state index in [0.717, 1.165) is 5.56 Å². The second-order valence-electron chi connectivity index (χ2n) is 3.71. The van der Waals surface area contributed by atoms with E-state index in [1.165, 1.54) is 12.1 Å². The molecule has 0 unspecified atom stereocenters. The highest BCUT2D eigenvalue weighted by atomic mass is 32.2.